The average Bonchev–Trinajstić information content (AvgIpc) is 2.87. The van der Waals surface area contributed by atoms with Crippen LogP contribution in [0.3, 0.4) is 0 Å². The van der Waals surface area contributed by atoms with Gasteiger partial charge in [0.1, 0.15) is 0 Å². The van der Waals surface area contributed by atoms with E-state index in [4.69, 9.17) is 11.6 Å². The first-order chi connectivity index (χ1) is 17.6. The van der Waals surface area contributed by atoms with Gasteiger partial charge in [0.05, 0.1) is 6.10 Å². The Labute approximate surface area is 224 Å². The number of halogens is 1. The number of rotatable bonds is 5. The summed E-state index contributed by atoms with van der Waals surface area (Å²) in [5.41, 5.74) is 7.51. The van der Waals surface area contributed by atoms with Crippen LogP contribution < -0.4 is 0 Å². The molecule has 6 heteroatoms. The molecule has 37 heavy (non-hydrogen) atoms. The molecule has 0 saturated carbocycles. The number of hydrogen-bond acceptors (Lipinski definition) is 4. The van der Waals surface area contributed by atoms with Crippen molar-refractivity contribution in [3.63, 3.8) is 0 Å². The fourth-order valence-corrected chi connectivity index (χ4v) is 4.96. The highest BCUT2D eigenvalue weighted by Gasteiger charge is 2.23. The molecule has 1 aliphatic heterocycles. The molecule has 4 rings (SSSR count). The minimum atomic E-state index is -0.332. The molecule has 0 spiro atoms. The van der Waals surface area contributed by atoms with Gasteiger partial charge in [-0.25, -0.2) is 0 Å². The first-order valence-electron chi connectivity index (χ1n) is 12.6. The van der Waals surface area contributed by atoms with Crippen LogP contribution in [0, 0.1) is 6.92 Å². The van der Waals surface area contributed by atoms with Crippen LogP contribution in [0.25, 0.3) is 28.3 Å². The summed E-state index contributed by atoms with van der Waals surface area (Å²) in [6.07, 6.45) is 6.33. The van der Waals surface area contributed by atoms with Crippen molar-refractivity contribution in [2.45, 2.75) is 52.1 Å². The zero-order chi connectivity index (χ0) is 26.7. The van der Waals surface area contributed by atoms with E-state index in [1.807, 2.05) is 30.5 Å². The van der Waals surface area contributed by atoms with E-state index in [9.17, 15) is 9.90 Å². The predicted molar refractivity (Wildman–Crippen MR) is 153 cm³/mol. The topological polar surface area (TPSA) is 65.8 Å². The van der Waals surface area contributed by atoms with Crippen molar-refractivity contribution in [2.24, 2.45) is 4.99 Å². The summed E-state index contributed by atoms with van der Waals surface area (Å²) in [4.78, 5) is 23.3. The number of aliphatic hydroxyl groups excluding tert-OH is 1. The Kier molecular flexibility index (Phi) is 7.96. The first kappa shape index (κ1) is 26.8. The van der Waals surface area contributed by atoms with E-state index in [-0.39, 0.29) is 17.4 Å². The predicted octanol–water partition coefficient (Wildman–Crippen LogP) is 6.94. The fraction of sp³-hybridized carbons (Fsp3) is 0.323. The summed E-state index contributed by atoms with van der Waals surface area (Å²) < 4.78 is 0. The Bertz CT molecular complexity index is 1350. The second-order valence-corrected chi connectivity index (χ2v) is 11.1. The molecule has 0 bridgehead atoms. The Morgan fingerprint density at radius 1 is 1.11 bits per heavy atom. The van der Waals surface area contributed by atoms with Gasteiger partial charge in [-0.2, -0.15) is 0 Å². The number of aromatic nitrogens is 1. The van der Waals surface area contributed by atoms with E-state index < -0.39 is 0 Å². The van der Waals surface area contributed by atoms with Crippen molar-refractivity contribution in [3.05, 3.63) is 82.3 Å². The van der Waals surface area contributed by atoms with Crippen LogP contribution in [0.1, 0.15) is 60.8 Å². The lowest BCUT2D eigenvalue weighted by Crippen LogP contribution is -2.40. The van der Waals surface area contributed by atoms with Crippen molar-refractivity contribution in [2.75, 3.05) is 13.1 Å². The number of pyridine rings is 1. The van der Waals surface area contributed by atoms with Crippen LogP contribution in [0.15, 0.2) is 59.9 Å². The highest BCUT2D eigenvalue weighted by atomic mass is 35.5. The highest BCUT2D eigenvalue weighted by Crippen LogP contribution is 2.38. The van der Waals surface area contributed by atoms with Gasteiger partial charge in [0.2, 0.25) is 0 Å². The molecule has 5 nitrogen and oxygen atoms in total. The largest absolute Gasteiger partial charge is 0.393 e. The summed E-state index contributed by atoms with van der Waals surface area (Å²) in [5, 5.41) is 10.3. The smallest absolute Gasteiger partial charge is 0.253 e. The molecule has 192 valence electrons. The molecule has 1 aliphatic rings. The van der Waals surface area contributed by atoms with Gasteiger partial charge >= 0.3 is 0 Å². The molecule has 1 fully saturated rings. The lowest BCUT2D eigenvalue weighted by atomic mass is 9.88. The quantitative estimate of drug-likeness (QED) is 0.374. The Balaban J connectivity index is 1.78. The minimum absolute atomic E-state index is 0.0623. The molecule has 1 aromatic heterocycles. The fourth-order valence-electron chi connectivity index (χ4n) is 4.67. The van der Waals surface area contributed by atoms with Gasteiger partial charge in [-0.05, 0) is 90.7 Å². The van der Waals surface area contributed by atoms with Gasteiger partial charge in [0, 0.05) is 52.7 Å². The molecule has 0 unspecified atom stereocenters. The lowest BCUT2D eigenvalue weighted by Gasteiger charge is -2.29. The van der Waals surface area contributed by atoms with Gasteiger partial charge in [0.15, 0.2) is 0 Å². The van der Waals surface area contributed by atoms with Crippen LogP contribution in [0.2, 0.25) is 5.02 Å². The number of hydrogen-bond donors (Lipinski definition) is 1. The van der Waals surface area contributed by atoms with E-state index in [0.717, 1.165) is 39.1 Å². The number of amides is 1. The second-order valence-electron chi connectivity index (χ2n) is 10.7. The van der Waals surface area contributed by atoms with E-state index in [1.54, 1.807) is 17.2 Å². The second kappa shape index (κ2) is 11.0. The Morgan fingerprint density at radius 2 is 1.84 bits per heavy atom. The van der Waals surface area contributed by atoms with Crippen LogP contribution in [0.5, 0.6) is 0 Å². The van der Waals surface area contributed by atoms with Crippen molar-refractivity contribution < 1.29 is 9.90 Å². The van der Waals surface area contributed by atoms with E-state index in [0.29, 0.717) is 36.5 Å². The van der Waals surface area contributed by atoms with Gasteiger partial charge in [-0.1, -0.05) is 44.5 Å². The van der Waals surface area contributed by atoms with Gasteiger partial charge in [-0.15, -0.1) is 0 Å². The summed E-state index contributed by atoms with van der Waals surface area (Å²) >= 11 is 6.83. The number of aliphatic imine (C=N–C) groups is 1. The standard InChI is InChI=1S/C31H34ClN3O2/c1-20-16-23(21-8-13-34-29(19-21)31(2,3)4)17-27(25(20)9-12-33-5)26-7-6-22(18-28(26)32)30(37)35-14-10-24(36)11-15-35/h6-9,12-13,16-19,24,36H,5,10-11,14-15H2,1-4H3/b12-9-. The van der Waals surface area contributed by atoms with Crippen LogP contribution in [0.4, 0.5) is 0 Å². The number of aryl methyl sites for hydroxylation is 1. The number of nitrogens with zero attached hydrogens (tertiary/aromatic N) is 3. The molecular weight excluding hydrogens is 482 g/mol. The molecule has 1 N–H and O–H groups in total. The van der Waals surface area contributed by atoms with Crippen LogP contribution >= 0.6 is 11.6 Å². The van der Waals surface area contributed by atoms with Crippen LogP contribution in [-0.2, 0) is 5.41 Å². The molecule has 0 atom stereocenters. The maximum Gasteiger partial charge on any atom is 0.253 e. The zero-order valence-corrected chi connectivity index (χ0v) is 22.7. The monoisotopic (exact) mass is 515 g/mol. The van der Waals surface area contributed by atoms with Crippen molar-refractivity contribution in [1.82, 2.24) is 9.88 Å². The van der Waals surface area contributed by atoms with E-state index in [2.05, 4.69) is 62.6 Å². The highest BCUT2D eigenvalue weighted by molar-refractivity contribution is 6.33. The number of aliphatic hydroxyl groups is 1. The van der Waals surface area contributed by atoms with Gasteiger partial charge in [0.25, 0.3) is 5.91 Å². The maximum atomic E-state index is 13.1. The third-order valence-electron chi connectivity index (χ3n) is 6.85. The molecule has 1 amide bonds. The summed E-state index contributed by atoms with van der Waals surface area (Å²) in [6, 6.07) is 13.9. The molecule has 2 aromatic carbocycles. The lowest BCUT2D eigenvalue weighted by molar-refractivity contribution is 0.0546. The molecule has 3 aromatic rings. The van der Waals surface area contributed by atoms with Crippen molar-refractivity contribution in [1.29, 1.82) is 0 Å². The number of likely N-dealkylation sites (tertiary alicyclic amines) is 1. The number of piperidine rings is 1. The normalized spacial score (nSPS) is 14.8. The third kappa shape index (κ3) is 6.00. The molecular formula is C31H34ClN3O2. The average molecular weight is 516 g/mol. The Morgan fingerprint density at radius 3 is 2.49 bits per heavy atom. The zero-order valence-electron chi connectivity index (χ0n) is 22.0. The van der Waals surface area contributed by atoms with Crippen LogP contribution in [-0.4, -0.2) is 46.8 Å². The van der Waals surface area contributed by atoms with E-state index >= 15 is 0 Å². The molecule has 2 heterocycles. The number of benzene rings is 2. The first-order valence-corrected chi connectivity index (χ1v) is 13.0. The number of carbonyl (C=O) groups is 1. The molecule has 0 aliphatic carbocycles. The van der Waals surface area contributed by atoms with E-state index in [1.165, 1.54) is 0 Å². The third-order valence-corrected chi connectivity index (χ3v) is 7.17. The number of carbonyl (C=O) groups excluding carboxylic acids is 1. The molecule has 0 radical (unpaired) electrons. The Hall–Kier alpha value is -3.28. The summed E-state index contributed by atoms with van der Waals surface area (Å²) in [7, 11) is 0. The summed E-state index contributed by atoms with van der Waals surface area (Å²) in [5.74, 6) is -0.0623. The van der Waals surface area contributed by atoms with Gasteiger partial charge in [-0.3, -0.25) is 14.8 Å². The summed E-state index contributed by atoms with van der Waals surface area (Å²) in [6.45, 7) is 13.2. The minimum Gasteiger partial charge on any atom is -0.393 e. The van der Waals surface area contributed by atoms with Crippen molar-refractivity contribution in [3.8, 4) is 22.3 Å². The SMILES string of the molecule is C=N/C=C\c1c(C)cc(-c2ccnc(C(C)(C)C)c2)cc1-c1ccc(C(=O)N2CCC(O)CC2)cc1Cl. The van der Waals surface area contributed by atoms with Crippen molar-refractivity contribution >= 4 is 30.3 Å². The van der Waals surface area contributed by atoms with Gasteiger partial charge < -0.3 is 10.0 Å². The maximum absolute atomic E-state index is 13.1. The molecule has 1 saturated heterocycles.